The highest BCUT2D eigenvalue weighted by atomic mass is 16.5. The first-order valence-corrected chi connectivity index (χ1v) is 6.14. The van der Waals surface area contributed by atoms with Crippen molar-refractivity contribution in [1.82, 2.24) is 4.98 Å². The Morgan fingerprint density at radius 1 is 1.59 bits per heavy atom. The molecule has 2 rings (SSSR count). The van der Waals surface area contributed by atoms with Gasteiger partial charge in [0.15, 0.2) is 0 Å². The van der Waals surface area contributed by atoms with Crippen LogP contribution >= 0.6 is 0 Å². The number of aromatic nitrogens is 1. The van der Waals surface area contributed by atoms with Crippen molar-refractivity contribution in [3.63, 3.8) is 0 Å². The molecule has 0 aromatic carbocycles. The Morgan fingerprint density at radius 2 is 2.41 bits per heavy atom. The molecule has 17 heavy (non-hydrogen) atoms. The summed E-state index contributed by atoms with van der Waals surface area (Å²) in [5.41, 5.74) is -0.0438. The van der Waals surface area contributed by atoms with E-state index < -0.39 is 0 Å². The van der Waals surface area contributed by atoms with Gasteiger partial charge in [-0.1, -0.05) is 6.07 Å². The lowest BCUT2D eigenvalue weighted by molar-refractivity contribution is 0.105. The molecule has 1 fully saturated rings. The molecule has 0 radical (unpaired) electrons. The highest BCUT2D eigenvalue weighted by molar-refractivity contribution is 5.40. The molecule has 94 valence electrons. The van der Waals surface area contributed by atoms with Crippen LogP contribution in [0.4, 0.5) is 5.82 Å². The van der Waals surface area contributed by atoms with Crippen molar-refractivity contribution in [3.05, 3.63) is 18.2 Å². The molecule has 1 aliphatic heterocycles. The molecule has 4 nitrogen and oxygen atoms in total. The van der Waals surface area contributed by atoms with Gasteiger partial charge in [-0.2, -0.15) is 4.98 Å². The number of rotatable bonds is 4. The Labute approximate surface area is 102 Å². The second-order valence-corrected chi connectivity index (χ2v) is 4.60. The van der Waals surface area contributed by atoms with Gasteiger partial charge >= 0.3 is 0 Å². The lowest BCUT2D eigenvalue weighted by Gasteiger charge is -2.29. The summed E-state index contributed by atoms with van der Waals surface area (Å²) in [5, 5.41) is 3.45. The van der Waals surface area contributed by atoms with Crippen LogP contribution in [-0.2, 0) is 4.74 Å². The zero-order valence-corrected chi connectivity index (χ0v) is 10.7. The maximum atomic E-state index is 5.60. The minimum Gasteiger partial charge on any atom is -0.478 e. The normalized spacial score (nSPS) is 28.1. The number of nitrogens with zero attached hydrogens (tertiary/aromatic N) is 1. The molecule has 2 unspecified atom stereocenters. The first-order chi connectivity index (χ1) is 8.14. The van der Waals surface area contributed by atoms with Crippen LogP contribution in [0.5, 0.6) is 5.88 Å². The molecule has 1 N–H and O–H groups in total. The van der Waals surface area contributed by atoms with Gasteiger partial charge in [0.05, 0.1) is 18.2 Å². The van der Waals surface area contributed by atoms with Crippen LogP contribution in [0.15, 0.2) is 18.2 Å². The predicted octanol–water partition coefficient (Wildman–Crippen LogP) is 2.46. The fraction of sp³-hybridized carbons (Fsp3) is 0.615. The van der Waals surface area contributed by atoms with E-state index in [-0.39, 0.29) is 11.6 Å². The molecule has 4 heteroatoms. The molecule has 0 spiro atoms. The smallest absolute Gasteiger partial charge is 0.215 e. The third kappa shape index (κ3) is 2.69. The molecular formula is C13H20N2O2. The summed E-state index contributed by atoms with van der Waals surface area (Å²) in [4.78, 5) is 4.42. The molecule has 0 aliphatic carbocycles. The van der Waals surface area contributed by atoms with E-state index in [1.807, 2.05) is 25.1 Å². The van der Waals surface area contributed by atoms with Crippen molar-refractivity contribution >= 4 is 5.82 Å². The van der Waals surface area contributed by atoms with E-state index in [4.69, 9.17) is 9.47 Å². The third-order valence-electron chi connectivity index (χ3n) is 3.32. The lowest BCUT2D eigenvalue weighted by atomic mass is 9.95. The van der Waals surface area contributed by atoms with Crippen molar-refractivity contribution in [2.45, 2.75) is 38.8 Å². The zero-order chi connectivity index (χ0) is 12.3. The molecule has 0 amide bonds. The van der Waals surface area contributed by atoms with Crippen molar-refractivity contribution in [2.24, 2.45) is 0 Å². The number of ether oxygens (including phenoxy) is 2. The number of anilines is 1. The first-order valence-electron chi connectivity index (χ1n) is 6.14. The lowest BCUT2D eigenvalue weighted by Crippen LogP contribution is -2.41. The van der Waals surface area contributed by atoms with Crippen LogP contribution in [0, 0.1) is 0 Å². The molecule has 1 aromatic rings. The number of hydrogen-bond donors (Lipinski definition) is 1. The van der Waals surface area contributed by atoms with Crippen LogP contribution in [0.3, 0.4) is 0 Å². The fourth-order valence-electron chi connectivity index (χ4n) is 2.00. The standard InChI is InChI=1S/C13H20N2O2/c1-4-16-12-7-5-6-11(14-12)15-13(3)8-9-17-10(13)2/h5-7,10H,4,8-9H2,1-3H3,(H,14,15). The van der Waals surface area contributed by atoms with Crippen LogP contribution in [-0.4, -0.2) is 29.8 Å². The van der Waals surface area contributed by atoms with Crippen LogP contribution in [0.25, 0.3) is 0 Å². The second-order valence-electron chi connectivity index (χ2n) is 4.60. The Morgan fingerprint density at radius 3 is 3.06 bits per heavy atom. The van der Waals surface area contributed by atoms with Crippen molar-refractivity contribution in [3.8, 4) is 5.88 Å². The molecule has 1 aromatic heterocycles. The number of nitrogens with one attached hydrogen (secondary N) is 1. The summed E-state index contributed by atoms with van der Waals surface area (Å²) in [6, 6.07) is 5.77. The molecule has 2 heterocycles. The largest absolute Gasteiger partial charge is 0.478 e. The fourth-order valence-corrected chi connectivity index (χ4v) is 2.00. The molecule has 1 aliphatic rings. The van der Waals surface area contributed by atoms with Gasteiger partial charge in [-0.25, -0.2) is 0 Å². The average Bonchev–Trinajstić information content (AvgIpc) is 2.60. The number of hydrogen-bond acceptors (Lipinski definition) is 4. The Bertz CT molecular complexity index is 383. The second kappa shape index (κ2) is 4.92. The highest BCUT2D eigenvalue weighted by Gasteiger charge is 2.37. The van der Waals surface area contributed by atoms with E-state index >= 15 is 0 Å². The third-order valence-corrected chi connectivity index (χ3v) is 3.32. The van der Waals surface area contributed by atoms with Crippen LogP contribution in [0.2, 0.25) is 0 Å². The molecule has 2 atom stereocenters. The molecular weight excluding hydrogens is 216 g/mol. The van der Waals surface area contributed by atoms with E-state index in [0.717, 1.165) is 18.8 Å². The summed E-state index contributed by atoms with van der Waals surface area (Å²) in [7, 11) is 0. The summed E-state index contributed by atoms with van der Waals surface area (Å²) >= 11 is 0. The Balaban J connectivity index is 2.10. The van der Waals surface area contributed by atoms with Crippen LogP contribution in [0.1, 0.15) is 27.2 Å². The van der Waals surface area contributed by atoms with Gasteiger partial charge in [0.2, 0.25) is 5.88 Å². The van der Waals surface area contributed by atoms with Gasteiger partial charge in [0.1, 0.15) is 5.82 Å². The van der Waals surface area contributed by atoms with Gasteiger partial charge in [0.25, 0.3) is 0 Å². The summed E-state index contributed by atoms with van der Waals surface area (Å²) in [6.45, 7) is 7.64. The van der Waals surface area contributed by atoms with E-state index in [1.54, 1.807) is 0 Å². The van der Waals surface area contributed by atoms with Gasteiger partial charge in [0, 0.05) is 12.7 Å². The monoisotopic (exact) mass is 236 g/mol. The molecule has 0 bridgehead atoms. The van der Waals surface area contributed by atoms with Gasteiger partial charge in [-0.15, -0.1) is 0 Å². The summed E-state index contributed by atoms with van der Waals surface area (Å²) in [5.74, 6) is 1.50. The van der Waals surface area contributed by atoms with E-state index in [9.17, 15) is 0 Å². The van der Waals surface area contributed by atoms with Crippen LogP contribution < -0.4 is 10.1 Å². The van der Waals surface area contributed by atoms with E-state index in [2.05, 4.69) is 24.1 Å². The van der Waals surface area contributed by atoms with Crippen molar-refractivity contribution < 1.29 is 9.47 Å². The number of pyridine rings is 1. The summed E-state index contributed by atoms with van der Waals surface area (Å²) in [6.07, 6.45) is 1.19. The Kier molecular flexibility index (Phi) is 3.52. The maximum Gasteiger partial charge on any atom is 0.215 e. The minimum atomic E-state index is -0.0438. The zero-order valence-electron chi connectivity index (χ0n) is 10.7. The minimum absolute atomic E-state index is 0.0438. The van der Waals surface area contributed by atoms with E-state index in [0.29, 0.717) is 12.5 Å². The molecule has 0 saturated carbocycles. The SMILES string of the molecule is CCOc1cccc(NC2(C)CCOC2C)n1. The van der Waals surface area contributed by atoms with Gasteiger partial charge < -0.3 is 14.8 Å². The average molecular weight is 236 g/mol. The van der Waals surface area contributed by atoms with Crippen molar-refractivity contribution in [2.75, 3.05) is 18.5 Å². The quantitative estimate of drug-likeness (QED) is 0.872. The van der Waals surface area contributed by atoms with Crippen molar-refractivity contribution in [1.29, 1.82) is 0 Å². The highest BCUT2D eigenvalue weighted by Crippen LogP contribution is 2.29. The topological polar surface area (TPSA) is 43.4 Å². The predicted molar refractivity (Wildman–Crippen MR) is 67.5 cm³/mol. The molecule has 1 saturated heterocycles. The van der Waals surface area contributed by atoms with E-state index in [1.165, 1.54) is 0 Å². The summed E-state index contributed by atoms with van der Waals surface area (Å²) < 4.78 is 11.0. The Hall–Kier alpha value is -1.29. The van der Waals surface area contributed by atoms with Gasteiger partial charge in [-0.05, 0) is 33.3 Å². The maximum absolute atomic E-state index is 5.60. The van der Waals surface area contributed by atoms with Gasteiger partial charge in [-0.3, -0.25) is 0 Å². The first kappa shape index (κ1) is 12.2.